The standard InChI is InChI=1S/C28H39NO6/c1-6-10-22(17-23(30)26-27(31)25(33-5)15-16-29-26)28(32)35-20(4)24(34-18-19(2)3)14-13-21-11-8-7-9-12-21/h7-9,11-12,15-16,19-20,22,24,31H,6,10,13-14,17-18H2,1-5H3/t20-,22+,24-/m0/s1. The highest BCUT2D eigenvalue weighted by molar-refractivity contribution is 5.99. The lowest BCUT2D eigenvalue weighted by molar-refractivity contribution is -0.162. The molecule has 192 valence electrons. The van der Waals surface area contributed by atoms with Crippen LogP contribution in [-0.2, 0) is 20.7 Å². The van der Waals surface area contributed by atoms with Crippen LogP contribution in [0.4, 0.5) is 0 Å². The smallest absolute Gasteiger partial charge is 0.309 e. The number of nitrogens with zero attached hydrogens (tertiary/aromatic N) is 1. The van der Waals surface area contributed by atoms with E-state index in [4.69, 9.17) is 14.2 Å². The van der Waals surface area contributed by atoms with E-state index in [1.165, 1.54) is 24.9 Å². The number of carbonyl (C=O) groups excluding carboxylic acids is 2. The van der Waals surface area contributed by atoms with E-state index in [2.05, 4.69) is 31.0 Å². The first kappa shape index (κ1) is 28.3. The van der Waals surface area contributed by atoms with Gasteiger partial charge in [0.2, 0.25) is 0 Å². The van der Waals surface area contributed by atoms with E-state index in [9.17, 15) is 14.7 Å². The maximum atomic E-state index is 13.1. The van der Waals surface area contributed by atoms with Gasteiger partial charge in [-0.3, -0.25) is 9.59 Å². The molecule has 1 heterocycles. The molecule has 0 radical (unpaired) electrons. The minimum absolute atomic E-state index is 0.103. The molecule has 0 aliphatic heterocycles. The van der Waals surface area contributed by atoms with Gasteiger partial charge < -0.3 is 19.3 Å². The van der Waals surface area contributed by atoms with Crippen molar-refractivity contribution in [3.63, 3.8) is 0 Å². The zero-order valence-electron chi connectivity index (χ0n) is 21.5. The number of methoxy groups -OCH3 is 1. The summed E-state index contributed by atoms with van der Waals surface area (Å²) in [6, 6.07) is 11.6. The second kappa shape index (κ2) is 14.5. The average Bonchev–Trinajstić information content (AvgIpc) is 2.84. The molecule has 0 unspecified atom stereocenters. The van der Waals surface area contributed by atoms with Crippen molar-refractivity contribution in [2.45, 2.75) is 72.0 Å². The third-order valence-electron chi connectivity index (χ3n) is 5.80. The first-order valence-electron chi connectivity index (χ1n) is 12.4. The van der Waals surface area contributed by atoms with Gasteiger partial charge in [-0.1, -0.05) is 57.5 Å². The predicted molar refractivity (Wildman–Crippen MR) is 135 cm³/mol. The fourth-order valence-electron chi connectivity index (χ4n) is 3.86. The van der Waals surface area contributed by atoms with Gasteiger partial charge in [0.25, 0.3) is 0 Å². The lowest BCUT2D eigenvalue weighted by Crippen LogP contribution is -2.35. The molecular formula is C28H39NO6. The fourth-order valence-corrected chi connectivity index (χ4v) is 3.86. The summed E-state index contributed by atoms with van der Waals surface area (Å²) >= 11 is 0. The zero-order valence-corrected chi connectivity index (χ0v) is 21.5. The van der Waals surface area contributed by atoms with Gasteiger partial charge in [-0.25, -0.2) is 4.98 Å². The normalized spacial score (nSPS) is 13.8. The molecule has 2 rings (SSSR count). The topological polar surface area (TPSA) is 95.0 Å². The third kappa shape index (κ3) is 8.98. The number of benzene rings is 1. The minimum Gasteiger partial charge on any atom is -0.503 e. The molecule has 3 atom stereocenters. The van der Waals surface area contributed by atoms with Crippen molar-refractivity contribution in [2.24, 2.45) is 11.8 Å². The molecule has 0 bridgehead atoms. The Hall–Kier alpha value is -2.93. The molecule has 0 aliphatic carbocycles. The van der Waals surface area contributed by atoms with Crippen molar-refractivity contribution in [1.82, 2.24) is 4.98 Å². The Morgan fingerprint density at radius 1 is 1.06 bits per heavy atom. The van der Waals surface area contributed by atoms with Gasteiger partial charge in [-0.05, 0) is 37.7 Å². The molecule has 7 nitrogen and oxygen atoms in total. The van der Waals surface area contributed by atoms with Gasteiger partial charge in [0.15, 0.2) is 23.0 Å². The number of aromatic nitrogens is 1. The Kier molecular flexibility index (Phi) is 11.7. The van der Waals surface area contributed by atoms with Gasteiger partial charge in [0.1, 0.15) is 6.10 Å². The third-order valence-corrected chi connectivity index (χ3v) is 5.80. The lowest BCUT2D eigenvalue weighted by Gasteiger charge is -2.27. The summed E-state index contributed by atoms with van der Waals surface area (Å²) in [6.45, 7) is 8.52. The molecule has 7 heteroatoms. The number of pyridine rings is 1. The first-order chi connectivity index (χ1) is 16.8. The van der Waals surface area contributed by atoms with Gasteiger partial charge in [0, 0.05) is 25.3 Å². The Bertz CT molecular complexity index is 930. The maximum Gasteiger partial charge on any atom is 0.309 e. The monoisotopic (exact) mass is 485 g/mol. The number of Topliss-reactive ketones (excluding diaryl/α,β-unsaturated/α-hetero) is 1. The minimum atomic E-state index is -0.637. The number of aromatic hydroxyl groups is 1. The summed E-state index contributed by atoms with van der Waals surface area (Å²) < 4.78 is 17.0. The van der Waals surface area contributed by atoms with E-state index in [1.807, 2.05) is 32.0 Å². The summed E-state index contributed by atoms with van der Waals surface area (Å²) in [6.07, 6.45) is 3.28. The molecule has 0 aliphatic rings. The second-order valence-corrected chi connectivity index (χ2v) is 9.26. The number of ether oxygens (including phenoxy) is 3. The van der Waals surface area contributed by atoms with Gasteiger partial charge >= 0.3 is 5.97 Å². The number of aryl methyl sites for hydroxylation is 1. The lowest BCUT2D eigenvalue weighted by atomic mass is 9.95. The molecule has 35 heavy (non-hydrogen) atoms. The van der Waals surface area contributed by atoms with Crippen LogP contribution in [0.15, 0.2) is 42.6 Å². The van der Waals surface area contributed by atoms with E-state index in [0.29, 0.717) is 31.8 Å². The number of esters is 1. The molecule has 0 fully saturated rings. The van der Waals surface area contributed by atoms with E-state index in [0.717, 1.165) is 6.42 Å². The number of carbonyl (C=O) groups is 2. The summed E-state index contributed by atoms with van der Waals surface area (Å²) in [5.41, 5.74) is 1.09. The van der Waals surface area contributed by atoms with Crippen LogP contribution < -0.4 is 4.74 Å². The van der Waals surface area contributed by atoms with Gasteiger partial charge in [-0.15, -0.1) is 0 Å². The van der Waals surface area contributed by atoms with Gasteiger partial charge in [0.05, 0.1) is 19.1 Å². The van der Waals surface area contributed by atoms with Crippen molar-refractivity contribution < 1.29 is 28.9 Å². The highest BCUT2D eigenvalue weighted by Gasteiger charge is 2.29. The largest absolute Gasteiger partial charge is 0.503 e. The van der Waals surface area contributed by atoms with Crippen LogP contribution in [0.1, 0.15) is 69.4 Å². The summed E-state index contributed by atoms with van der Waals surface area (Å²) in [7, 11) is 1.40. The van der Waals surface area contributed by atoms with E-state index in [-0.39, 0.29) is 29.7 Å². The summed E-state index contributed by atoms with van der Waals surface area (Å²) in [4.78, 5) is 30.0. The van der Waals surface area contributed by atoms with Crippen LogP contribution in [0.5, 0.6) is 11.5 Å². The molecule has 0 spiro atoms. The van der Waals surface area contributed by atoms with Gasteiger partial charge in [-0.2, -0.15) is 0 Å². The van der Waals surface area contributed by atoms with Crippen LogP contribution in [0.25, 0.3) is 0 Å². The van der Waals surface area contributed by atoms with Crippen LogP contribution in [-0.4, -0.2) is 47.8 Å². The Morgan fingerprint density at radius 2 is 1.77 bits per heavy atom. The number of rotatable bonds is 15. The quantitative estimate of drug-likeness (QED) is 0.267. The highest BCUT2D eigenvalue weighted by Crippen LogP contribution is 2.30. The average molecular weight is 486 g/mol. The van der Waals surface area contributed by atoms with E-state index < -0.39 is 23.8 Å². The number of hydrogen-bond donors (Lipinski definition) is 1. The number of ketones is 1. The predicted octanol–water partition coefficient (Wildman–Crippen LogP) is 5.39. The molecule has 1 aromatic carbocycles. The zero-order chi connectivity index (χ0) is 25.8. The fraction of sp³-hybridized carbons (Fsp3) is 0.536. The second-order valence-electron chi connectivity index (χ2n) is 9.26. The van der Waals surface area contributed by atoms with Crippen LogP contribution in [0.3, 0.4) is 0 Å². The van der Waals surface area contributed by atoms with Crippen LogP contribution >= 0.6 is 0 Å². The Labute approximate surface area is 208 Å². The van der Waals surface area contributed by atoms with Crippen molar-refractivity contribution >= 4 is 11.8 Å². The SMILES string of the molecule is CCC[C@H](CC(=O)c1nccc(OC)c1O)C(=O)O[C@@H](C)[C@H](CCc1ccccc1)OCC(C)C. The van der Waals surface area contributed by atoms with Crippen molar-refractivity contribution in [2.75, 3.05) is 13.7 Å². The van der Waals surface area contributed by atoms with Crippen LogP contribution in [0.2, 0.25) is 0 Å². The Balaban J connectivity index is 2.07. The van der Waals surface area contributed by atoms with Crippen molar-refractivity contribution in [1.29, 1.82) is 0 Å². The van der Waals surface area contributed by atoms with E-state index >= 15 is 0 Å². The number of hydrogen-bond acceptors (Lipinski definition) is 7. The molecule has 1 N–H and O–H groups in total. The van der Waals surface area contributed by atoms with E-state index in [1.54, 1.807) is 0 Å². The highest BCUT2D eigenvalue weighted by atomic mass is 16.6. The molecule has 0 saturated heterocycles. The van der Waals surface area contributed by atoms with Crippen LogP contribution in [0, 0.1) is 11.8 Å². The molecule has 1 aromatic heterocycles. The van der Waals surface area contributed by atoms with Crippen molar-refractivity contribution in [3.8, 4) is 11.5 Å². The van der Waals surface area contributed by atoms with Crippen molar-refractivity contribution in [3.05, 3.63) is 53.9 Å². The first-order valence-corrected chi connectivity index (χ1v) is 12.4. The molecule has 2 aromatic rings. The molecule has 0 saturated carbocycles. The molecule has 0 amide bonds. The molecular weight excluding hydrogens is 446 g/mol. The Morgan fingerprint density at radius 3 is 2.40 bits per heavy atom. The maximum absolute atomic E-state index is 13.1. The summed E-state index contributed by atoms with van der Waals surface area (Å²) in [5, 5.41) is 10.3. The summed E-state index contributed by atoms with van der Waals surface area (Å²) in [5.74, 6) is -1.31.